The molecule has 0 saturated carbocycles. The molecular weight excluding hydrogens is 176 g/mol. The van der Waals surface area contributed by atoms with Gasteiger partial charge in [0.05, 0.1) is 12.2 Å². The summed E-state index contributed by atoms with van der Waals surface area (Å²) in [5, 5.41) is 0. The summed E-state index contributed by atoms with van der Waals surface area (Å²) in [6.07, 6.45) is 1.91. The van der Waals surface area contributed by atoms with Crippen LogP contribution in [0, 0.1) is 0 Å². The fourth-order valence-electron chi connectivity index (χ4n) is 1.39. The first-order valence-corrected chi connectivity index (χ1v) is 4.66. The van der Waals surface area contributed by atoms with Gasteiger partial charge in [0.1, 0.15) is 0 Å². The smallest absolute Gasteiger partial charge is 0.318 e. The van der Waals surface area contributed by atoms with Crippen LogP contribution in [0.15, 0.2) is 43.2 Å². The zero-order valence-electron chi connectivity index (χ0n) is 8.27. The van der Waals surface area contributed by atoms with E-state index in [4.69, 9.17) is 4.74 Å². The fraction of sp³-hybridized carbons (Fsp3) is 0.250. The summed E-state index contributed by atoms with van der Waals surface area (Å²) in [5.74, 6) is -0.428. The Labute approximate surface area is 84.2 Å². The van der Waals surface area contributed by atoms with Crippen molar-refractivity contribution in [1.29, 1.82) is 0 Å². The molecule has 0 heterocycles. The Morgan fingerprint density at radius 3 is 2.64 bits per heavy atom. The van der Waals surface area contributed by atoms with Crippen LogP contribution in [-0.2, 0) is 9.53 Å². The van der Waals surface area contributed by atoms with Gasteiger partial charge >= 0.3 is 5.97 Å². The third-order valence-corrected chi connectivity index (χ3v) is 2.09. The summed E-state index contributed by atoms with van der Waals surface area (Å²) < 4.78 is 4.77. The van der Waals surface area contributed by atoms with Gasteiger partial charge in [-0.1, -0.05) is 43.8 Å². The molecule has 2 nitrogen and oxygen atoms in total. The highest BCUT2D eigenvalue weighted by Crippen LogP contribution is 2.20. The summed E-state index contributed by atoms with van der Waals surface area (Å²) >= 11 is 0. The Balaban J connectivity index is 2.82. The topological polar surface area (TPSA) is 26.3 Å². The summed E-state index contributed by atoms with van der Waals surface area (Å²) in [6, 6.07) is 9.62. The Bertz CT molecular complexity index is 303. The highest BCUT2D eigenvalue weighted by atomic mass is 16.5. The average Bonchev–Trinajstić information content (AvgIpc) is 2.21. The van der Waals surface area contributed by atoms with Crippen LogP contribution in [0.3, 0.4) is 0 Å². The Morgan fingerprint density at radius 2 is 2.14 bits per heavy atom. The molecule has 14 heavy (non-hydrogen) atoms. The monoisotopic (exact) mass is 190 g/mol. The molecule has 0 bridgehead atoms. The predicted octanol–water partition coefficient (Wildman–Crippen LogP) is 2.87. The molecule has 0 unspecified atom stereocenters. The SMILES string of the molecule is C=COC(=O)[C@@H](CC)c1ccccc1. The van der Waals surface area contributed by atoms with Crippen molar-refractivity contribution in [2.75, 3.05) is 0 Å². The van der Waals surface area contributed by atoms with Gasteiger partial charge in [-0.05, 0) is 12.0 Å². The number of carbonyl (C=O) groups is 1. The molecule has 1 aromatic rings. The van der Waals surface area contributed by atoms with Crippen LogP contribution in [0.5, 0.6) is 0 Å². The molecule has 0 saturated heterocycles. The van der Waals surface area contributed by atoms with Crippen LogP contribution in [0.1, 0.15) is 24.8 Å². The lowest BCUT2D eigenvalue weighted by Crippen LogP contribution is -2.12. The van der Waals surface area contributed by atoms with E-state index in [0.717, 1.165) is 12.0 Å². The summed E-state index contributed by atoms with van der Waals surface area (Å²) in [5.41, 5.74) is 0.988. The molecule has 1 rings (SSSR count). The molecule has 0 aliphatic heterocycles. The maximum atomic E-state index is 11.5. The quantitative estimate of drug-likeness (QED) is 0.539. The number of hydrogen-bond acceptors (Lipinski definition) is 2. The second kappa shape index (κ2) is 5.22. The zero-order valence-corrected chi connectivity index (χ0v) is 8.27. The number of benzene rings is 1. The standard InChI is InChI=1S/C12H14O2/c1-3-11(12(13)14-4-2)10-8-6-5-7-9-10/h4-9,11H,2-3H2,1H3/t11-/m0/s1. The molecule has 0 spiro atoms. The minimum absolute atomic E-state index is 0.186. The Morgan fingerprint density at radius 1 is 1.50 bits per heavy atom. The maximum absolute atomic E-state index is 11.5. The van der Waals surface area contributed by atoms with Crippen molar-refractivity contribution in [3.8, 4) is 0 Å². The molecule has 74 valence electrons. The van der Waals surface area contributed by atoms with E-state index in [1.54, 1.807) is 0 Å². The van der Waals surface area contributed by atoms with Crippen LogP contribution in [-0.4, -0.2) is 5.97 Å². The van der Waals surface area contributed by atoms with E-state index in [0.29, 0.717) is 0 Å². The van der Waals surface area contributed by atoms with Gasteiger partial charge in [0.2, 0.25) is 0 Å². The number of rotatable bonds is 4. The van der Waals surface area contributed by atoms with Gasteiger partial charge in [-0.15, -0.1) is 0 Å². The van der Waals surface area contributed by atoms with Crippen LogP contribution in [0.25, 0.3) is 0 Å². The van der Waals surface area contributed by atoms with Crippen molar-refractivity contribution < 1.29 is 9.53 Å². The molecule has 0 amide bonds. The van der Waals surface area contributed by atoms with Gasteiger partial charge in [0, 0.05) is 0 Å². The van der Waals surface area contributed by atoms with Crippen LogP contribution >= 0.6 is 0 Å². The average molecular weight is 190 g/mol. The van der Waals surface area contributed by atoms with Gasteiger partial charge in [-0.3, -0.25) is 4.79 Å². The van der Waals surface area contributed by atoms with Crippen molar-refractivity contribution in [2.45, 2.75) is 19.3 Å². The molecule has 0 aromatic heterocycles. The largest absolute Gasteiger partial charge is 0.435 e. The minimum Gasteiger partial charge on any atom is -0.435 e. The molecule has 0 radical (unpaired) electrons. The summed E-state index contributed by atoms with van der Waals surface area (Å²) in [6.45, 7) is 5.33. The summed E-state index contributed by atoms with van der Waals surface area (Å²) in [7, 11) is 0. The first-order chi connectivity index (χ1) is 6.79. The third-order valence-electron chi connectivity index (χ3n) is 2.09. The lowest BCUT2D eigenvalue weighted by atomic mass is 9.97. The van der Waals surface area contributed by atoms with Crippen molar-refractivity contribution in [2.24, 2.45) is 0 Å². The number of ether oxygens (including phenoxy) is 1. The first kappa shape index (κ1) is 10.5. The number of carbonyl (C=O) groups excluding carboxylic acids is 1. The molecule has 1 atom stereocenters. The molecule has 0 aliphatic rings. The molecular formula is C12H14O2. The molecule has 2 heteroatoms. The normalized spacial score (nSPS) is 11.8. The lowest BCUT2D eigenvalue weighted by Gasteiger charge is -2.11. The fourth-order valence-corrected chi connectivity index (χ4v) is 1.39. The van der Waals surface area contributed by atoms with Crippen LogP contribution in [0.4, 0.5) is 0 Å². The lowest BCUT2D eigenvalue weighted by molar-refractivity contribution is -0.139. The highest BCUT2D eigenvalue weighted by Gasteiger charge is 2.18. The van der Waals surface area contributed by atoms with E-state index in [2.05, 4.69) is 6.58 Å². The van der Waals surface area contributed by atoms with E-state index < -0.39 is 0 Å². The van der Waals surface area contributed by atoms with Gasteiger partial charge < -0.3 is 4.74 Å². The maximum Gasteiger partial charge on any atom is 0.318 e. The van der Waals surface area contributed by atoms with Gasteiger partial charge in [-0.2, -0.15) is 0 Å². The van der Waals surface area contributed by atoms with Crippen molar-refractivity contribution in [1.82, 2.24) is 0 Å². The van der Waals surface area contributed by atoms with Crippen molar-refractivity contribution in [3.05, 3.63) is 48.7 Å². The van der Waals surface area contributed by atoms with E-state index in [1.807, 2.05) is 37.3 Å². The zero-order chi connectivity index (χ0) is 10.4. The molecule has 0 fully saturated rings. The minimum atomic E-state index is -0.242. The van der Waals surface area contributed by atoms with E-state index in [-0.39, 0.29) is 11.9 Å². The Hall–Kier alpha value is -1.57. The number of hydrogen-bond donors (Lipinski definition) is 0. The predicted molar refractivity (Wildman–Crippen MR) is 55.8 cm³/mol. The van der Waals surface area contributed by atoms with Crippen molar-refractivity contribution >= 4 is 5.97 Å². The number of esters is 1. The Kier molecular flexibility index (Phi) is 3.92. The highest BCUT2D eigenvalue weighted by molar-refractivity contribution is 5.78. The van der Waals surface area contributed by atoms with E-state index >= 15 is 0 Å². The molecule has 0 aliphatic carbocycles. The van der Waals surface area contributed by atoms with Gasteiger partial charge in [0.25, 0.3) is 0 Å². The second-order valence-electron chi connectivity index (χ2n) is 2.98. The van der Waals surface area contributed by atoms with Crippen LogP contribution in [0.2, 0.25) is 0 Å². The molecule has 0 N–H and O–H groups in total. The van der Waals surface area contributed by atoms with Crippen LogP contribution < -0.4 is 0 Å². The van der Waals surface area contributed by atoms with Gasteiger partial charge in [0.15, 0.2) is 0 Å². The summed E-state index contributed by atoms with van der Waals surface area (Å²) in [4.78, 5) is 11.5. The second-order valence-corrected chi connectivity index (χ2v) is 2.98. The van der Waals surface area contributed by atoms with Crippen molar-refractivity contribution in [3.63, 3.8) is 0 Å². The third kappa shape index (κ3) is 2.46. The van der Waals surface area contributed by atoms with Gasteiger partial charge in [-0.25, -0.2) is 0 Å². The molecule has 1 aromatic carbocycles. The first-order valence-electron chi connectivity index (χ1n) is 4.66. The van der Waals surface area contributed by atoms with E-state index in [1.165, 1.54) is 6.26 Å². The van der Waals surface area contributed by atoms with E-state index in [9.17, 15) is 4.79 Å².